The first kappa shape index (κ1) is 45.5. The summed E-state index contributed by atoms with van der Waals surface area (Å²) >= 11 is 0. The summed E-state index contributed by atoms with van der Waals surface area (Å²) in [6, 6.07) is 10.3. The molecule has 3 fully saturated rings. The molecule has 3 amide bonds. The van der Waals surface area contributed by atoms with Gasteiger partial charge in [-0.1, -0.05) is 51.3 Å². The number of nitrogens with zero attached hydrogens (tertiary/aromatic N) is 6. The smallest absolute Gasteiger partial charge is 0.257 e. The summed E-state index contributed by atoms with van der Waals surface area (Å²) in [5.74, 6) is 1.73. The largest absolute Gasteiger partial charge is 0.508 e. The third-order valence-corrected chi connectivity index (χ3v) is 11.2. The zero-order valence-electron chi connectivity index (χ0n) is 35.1. The molecule has 6 heterocycles. The van der Waals surface area contributed by atoms with E-state index in [0.29, 0.717) is 95.8 Å². The van der Waals surface area contributed by atoms with Gasteiger partial charge in [0.2, 0.25) is 0 Å². The van der Waals surface area contributed by atoms with Crippen molar-refractivity contribution in [3.63, 3.8) is 0 Å². The topological polar surface area (TPSA) is 146 Å². The Kier molecular flexibility index (Phi) is 14.5. The van der Waals surface area contributed by atoms with Gasteiger partial charge in [0.1, 0.15) is 11.5 Å². The third kappa shape index (κ3) is 9.40. The summed E-state index contributed by atoms with van der Waals surface area (Å²) in [6.07, 6.45) is 8.28. The van der Waals surface area contributed by atoms with Crippen LogP contribution in [0.15, 0.2) is 87.8 Å². The fourth-order valence-corrected chi connectivity index (χ4v) is 8.11. The SMILES string of the molecule is C.C.C=C1C[C@H]2C=Nc3cc(O)c(C)cc3C(=O)N2C1.C=C1C[C@H]2C=Nc3cc(OCCCOc4cc5c(cc4OC)C(=O)N4CC(=C)C[C@H]4C=N5)c(C)cc3C(=O)N2C1.[2H]P[B]. The highest BCUT2D eigenvalue weighted by molar-refractivity contribution is 7.49. The van der Waals surface area contributed by atoms with Gasteiger partial charge in [-0.2, -0.15) is 9.06 Å². The number of carbonyl (C=O) groups excluding carboxylic acids is 3. The standard InChI is InChI=1S/C31H32N4O5.C14H14N2O2.2CH4.BH2P/c1-18-8-21-14-32-25-12-27(20(3)10-23(25)30(36)34(21)16-18)39-6-5-7-40-29-13-26-24(11-28(29)38-4)31(37)35-17-19(2)9-22(35)15-33-26;1-8-3-10-6-15-12-5-13(17)9(2)4-11(12)14(18)16(10)7-8;;;1-2/h10-15,21-22H,1-2,5-9,16-17H2,3-4H3;4-6,10,17H,1,3,7H2,2H3;2*1H4;2H2/t21-,22-;10-;;;/m00.../s1/i;;;;2D. The van der Waals surface area contributed by atoms with E-state index >= 15 is 0 Å². The normalized spacial score (nSPS) is 20.4. The molecule has 0 bridgehead atoms. The van der Waals surface area contributed by atoms with Crippen LogP contribution in [0.4, 0.5) is 17.1 Å². The summed E-state index contributed by atoms with van der Waals surface area (Å²) in [4.78, 5) is 57.6. The Morgan fingerprint density at radius 1 is 0.677 bits per heavy atom. The third-order valence-electron chi connectivity index (χ3n) is 11.2. The van der Waals surface area contributed by atoms with Crippen LogP contribution in [0.1, 0.15) is 82.7 Å². The highest BCUT2D eigenvalue weighted by atomic mass is 31.0. The summed E-state index contributed by atoms with van der Waals surface area (Å²) in [7, 11) is 5.93. The molecule has 0 aromatic heterocycles. The molecule has 15 heteroatoms. The lowest BCUT2D eigenvalue weighted by Crippen LogP contribution is -2.35. The number of hydrogen-bond acceptors (Lipinski definition) is 10. The van der Waals surface area contributed by atoms with E-state index in [1.54, 1.807) is 54.3 Å². The number of hydrogen-bond donors (Lipinski definition) is 1. The van der Waals surface area contributed by atoms with E-state index in [4.69, 9.17) is 15.5 Å². The average molecular weight is 860 g/mol. The minimum atomic E-state index is -0.167. The molecule has 2 radical (unpaired) electrons. The molecule has 324 valence electrons. The molecule has 9 rings (SSSR count). The van der Waals surface area contributed by atoms with Crippen LogP contribution in [0, 0.1) is 13.8 Å². The van der Waals surface area contributed by atoms with Crippen LogP contribution >= 0.6 is 9.06 Å². The Hall–Kier alpha value is -6.01. The number of amides is 3. The van der Waals surface area contributed by atoms with Gasteiger partial charge in [0.15, 0.2) is 11.5 Å². The molecule has 0 spiro atoms. The first-order valence-corrected chi connectivity index (χ1v) is 20.3. The predicted molar refractivity (Wildman–Crippen MR) is 252 cm³/mol. The van der Waals surface area contributed by atoms with Gasteiger partial charge in [-0.15, -0.1) is 0 Å². The maximum absolute atomic E-state index is 13.2. The molecule has 0 saturated carbocycles. The van der Waals surface area contributed by atoms with Gasteiger partial charge >= 0.3 is 0 Å². The highest BCUT2D eigenvalue weighted by Gasteiger charge is 2.36. The van der Waals surface area contributed by atoms with Crippen molar-refractivity contribution < 1.29 is 33.7 Å². The average Bonchev–Trinajstić information content (AvgIpc) is 3.87. The molecule has 1 unspecified atom stereocenters. The fraction of sp³-hybridized carbons (Fsp3) is 0.362. The molecule has 0 aliphatic carbocycles. The minimum Gasteiger partial charge on any atom is -0.508 e. The van der Waals surface area contributed by atoms with Crippen molar-refractivity contribution in [3.05, 3.63) is 101 Å². The van der Waals surface area contributed by atoms with E-state index in [2.05, 4.69) is 42.3 Å². The minimum absolute atomic E-state index is 0. The molecule has 6 aliphatic rings. The molecule has 3 aromatic carbocycles. The maximum atomic E-state index is 13.2. The van der Waals surface area contributed by atoms with Crippen molar-refractivity contribution in [1.82, 2.24) is 14.7 Å². The molecular weight excluding hydrogens is 802 g/mol. The van der Waals surface area contributed by atoms with Crippen molar-refractivity contribution in [1.29, 1.82) is 1.28 Å². The monoisotopic (exact) mass is 859 g/mol. The first-order valence-electron chi connectivity index (χ1n) is 20.2. The number of rotatable bonds is 7. The molecule has 1 N–H and O–H groups in total. The van der Waals surface area contributed by atoms with Gasteiger partial charge in [0.25, 0.3) is 17.7 Å². The number of methoxy groups -OCH3 is 1. The van der Waals surface area contributed by atoms with Crippen LogP contribution in [-0.2, 0) is 0 Å². The van der Waals surface area contributed by atoms with E-state index in [0.717, 1.165) is 41.5 Å². The van der Waals surface area contributed by atoms with E-state index in [-0.39, 0.29) is 65.5 Å². The lowest BCUT2D eigenvalue weighted by atomic mass is 10.1. The number of aromatic hydroxyl groups is 1. The Balaban J connectivity index is 0.000000272. The van der Waals surface area contributed by atoms with Crippen LogP contribution in [0.3, 0.4) is 0 Å². The maximum Gasteiger partial charge on any atom is 0.257 e. The molecule has 3 aromatic rings. The van der Waals surface area contributed by atoms with Gasteiger partial charge in [-0.05, 0) is 62.4 Å². The summed E-state index contributed by atoms with van der Waals surface area (Å²) in [6.45, 7) is 18.2. The number of aliphatic imine (C=N–C) groups is 3. The van der Waals surface area contributed by atoms with Gasteiger partial charge in [-0.25, -0.2) is 0 Å². The Morgan fingerprint density at radius 2 is 1.06 bits per heavy atom. The fourth-order valence-electron chi connectivity index (χ4n) is 8.11. The summed E-state index contributed by atoms with van der Waals surface area (Å²) < 4.78 is 23.6. The predicted octanol–water partition coefficient (Wildman–Crippen LogP) is 8.23. The number of phenolic OH excluding ortho intramolecular Hbond substituents is 1. The van der Waals surface area contributed by atoms with Gasteiger partial charge in [-0.3, -0.25) is 29.4 Å². The zero-order valence-corrected chi connectivity index (χ0v) is 35.1. The van der Waals surface area contributed by atoms with Crippen LogP contribution in [0.2, 0.25) is 0 Å². The molecule has 13 nitrogen and oxygen atoms in total. The number of ether oxygens (including phenoxy) is 3. The summed E-state index contributed by atoms with van der Waals surface area (Å²) in [5.41, 5.74) is 8.05. The van der Waals surface area contributed by atoms with Crippen molar-refractivity contribution in [2.75, 3.05) is 40.0 Å². The lowest BCUT2D eigenvalue weighted by Gasteiger charge is -2.20. The van der Waals surface area contributed by atoms with Gasteiger partial charge in [0, 0.05) is 64.2 Å². The van der Waals surface area contributed by atoms with Crippen molar-refractivity contribution in [2.45, 2.75) is 72.5 Å². The van der Waals surface area contributed by atoms with Crippen LogP contribution < -0.4 is 14.2 Å². The van der Waals surface area contributed by atoms with E-state index in [9.17, 15) is 19.5 Å². The second kappa shape index (κ2) is 19.8. The second-order valence-electron chi connectivity index (χ2n) is 15.6. The lowest BCUT2D eigenvalue weighted by molar-refractivity contribution is 0.0770. The Labute approximate surface area is 369 Å². The zero-order chi connectivity index (χ0) is 43.5. The van der Waals surface area contributed by atoms with Crippen LogP contribution in [0.5, 0.6) is 23.0 Å². The van der Waals surface area contributed by atoms with Gasteiger partial charge in [0.05, 0.1) is 79.8 Å². The number of fused-ring (bicyclic) bond motifs is 6. The van der Waals surface area contributed by atoms with Crippen molar-refractivity contribution in [2.24, 2.45) is 15.0 Å². The van der Waals surface area contributed by atoms with E-state index in [1.807, 2.05) is 36.4 Å². The molecule has 4 atom stereocenters. The van der Waals surface area contributed by atoms with E-state index in [1.165, 1.54) is 0 Å². The Morgan fingerprint density at radius 3 is 1.52 bits per heavy atom. The van der Waals surface area contributed by atoms with Crippen LogP contribution in [0.25, 0.3) is 0 Å². The number of benzene rings is 3. The quantitative estimate of drug-likeness (QED) is 0.109. The highest BCUT2D eigenvalue weighted by Crippen LogP contribution is 2.39. The Bertz CT molecular complexity index is 2420. The molecular formula is C47H56BN6O7P. The van der Waals surface area contributed by atoms with Crippen molar-refractivity contribution >= 4 is 70.1 Å². The number of aryl methyl sites for hydroxylation is 2. The summed E-state index contributed by atoms with van der Waals surface area (Å²) in [5, 5.41) is 9.69. The van der Waals surface area contributed by atoms with Gasteiger partial charge < -0.3 is 34.0 Å². The molecule has 3 saturated heterocycles. The van der Waals surface area contributed by atoms with E-state index < -0.39 is 0 Å². The first-order chi connectivity index (χ1) is 29.3. The molecule has 6 aliphatic heterocycles. The number of phenols is 1. The second-order valence-corrected chi connectivity index (χ2v) is 15.6. The molecule has 62 heavy (non-hydrogen) atoms. The van der Waals surface area contributed by atoms with Crippen molar-refractivity contribution in [3.8, 4) is 23.0 Å². The van der Waals surface area contributed by atoms with Crippen LogP contribution in [-0.4, -0.2) is 123 Å². The number of carbonyl (C=O) groups is 3.